The molecule has 0 amide bonds. The van der Waals surface area contributed by atoms with E-state index in [1.54, 1.807) is 17.1 Å². The smallest absolute Gasteiger partial charge is 0.159 e. The molecule has 0 atom stereocenters. The molecule has 1 aromatic carbocycles. The Balaban J connectivity index is 1.99. The lowest BCUT2D eigenvalue weighted by atomic mass is 10.2. The Morgan fingerprint density at radius 3 is 2.80 bits per heavy atom. The molecule has 1 heterocycles. The first-order valence-electron chi connectivity index (χ1n) is 4.65. The minimum Gasteiger partial charge on any atom is -0.408 e. The first kappa shape index (κ1) is 10.1. The van der Waals surface area contributed by atoms with Crippen molar-refractivity contribution in [3.63, 3.8) is 0 Å². The highest BCUT2D eigenvalue weighted by Crippen LogP contribution is 2.02. The van der Waals surface area contributed by atoms with Crippen LogP contribution in [0.2, 0.25) is 0 Å². The molecular formula is C11H11ClN2O. The van der Waals surface area contributed by atoms with Gasteiger partial charge in [-0.05, 0) is 5.56 Å². The van der Waals surface area contributed by atoms with E-state index in [9.17, 15) is 0 Å². The summed E-state index contributed by atoms with van der Waals surface area (Å²) in [5, 5.41) is 0. The van der Waals surface area contributed by atoms with Gasteiger partial charge in [0.15, 0.2) is 5.82 Å². The maximum atomic E-state index is 5.69. The third-order valence-electron chi connectivity index (χ3n) is 2.01. The van der Waals surface area contributed by atoms with Gasteiger partial charge in [0, 0.05) is 6.20 Å². The molecule has 0 aliphatic rings. The Morgan fingerprint density at radius 2 is 2.07 bits per heavy atom. The highest BCUT2D eigenvalue weighted by molar-refractivity contribution is 6.16. The molecule has 2 aromatic rings. The van der Waals surface area contributed by atoms with Crippen molar-refractivity contribution in [1.82, 2.24) is 9.71 Å². The van der Waals surface area contributed by atoms with Crippen LogP contribution in [0.5, 0.6) is 0 Å². The lowest BCUT2D eigenvalue weighted by molar-refractivity contribution is 0.0917. The zero-order valence-electron chi connectivity index (χ0n) is 8.14. The number of rotatable bonds is 4. The van der Waals surface area contributed by atoms with Crippen molar-refractivity contribution < 1.29 is 4.84 Å². The fraction of sp³-hybridized carbons (Fsp3) is 0.182. The van der Waals surface area contributed by atoms with Gasteiger partial charge < -0.3 is 4.84 Å². The summed E-state index contributed by atoms with van der Waals surface area (Å²) in [6.45, 7) is 0.515. The van der Waals surface area contributed by atoms with Crippen LogP contribution in [-0.4, -0.2) is 9.71 Å². The average molecular weight is 223 g/mol. The summed E-state index contributed by atoms with van der Waals surface area (Å²) in [6.07, 6.45) is 3.42. The van der Waals surface area contributed by atoms with Crippen molar-refractivity contribution in [2.75, 3.05) is 0 Å². The highest BCUT2D eigenvalue weighted by atomic mass is 35.5. The van der Waals surface area contributed by atoms with E-state index in [1.165, 1.54) is 0 Å². The fourth-order valence-corrected chi connectivity index (χ4v) is 1.44. The second kappa shape index (κ2) is 4.84. The molecule has 0 unspecified atom stereocenters. The third-order valence-corrected chi connectivity index (χ3v) is 2.25. The van der Waals surface area contributed by atoms with Crippen LogP contribution in [-0.2, 0) is 12.5 Å². The monoisotopic (exact) mass is 222 g/mol. The van der Waals surface area contributed by atoms with E-state index in [2.05, 4.69) is 4.98 Å². The van der Waals surface area contributed by atoms with Crippen molar-refractivity contribution in [2.45, 2.75) is 12.5 Å². The van der Waals surface area contributed by atoms with E-state index in [0.717, 1.165) is 5.56 Å². The maximum Gasteiger partial charge on any atom is 0.159 e. The molecule has 4 heteroatoms. The zero-order chi connectivity index (χ0) is 10.5. The van der Waals surface area contributed by atoms with E-state index in [0.29, 0.717) is 18.3 Å². The third kappa shape index (κ3) is 2.50. The SMILES string of the molecule is ClCc1nccn1OCc1ccccc1. The first-order valence-corrected chi connectivity index (χ1v) is 5.19. The molecule has 0 fully saturated rings. The van der Waals surface area contributed by atoms with Crippen LogP contribution < -0.4 is 4.84 Å². The van der Waals surface area contributed by atoms with Gasteiger partial charge in [-0.15, -0.1) is 11.6 Å². The van der Waals surface area contributed by atoms with E-state index < -0.39 is 0 Å². The van der Waals surface area contributed by atoms with Crippen molar-refractivity contribution in [1.29, 1.82) is 0 Å². The molecule has 2 rings (SSSR count). The maximum absolute atomic E-state index is 5.69. The Morgan fingerprint density at radius 1 is 1.27 bits per heavy atom. The van der Waals surface area contributed by atoms with Gasteiger partial charge in [0.25, 0.3) is 0 Å². The average Bonchev–Trinajstić information content (AvgIpc) is 2.75. The van der Waals surface area contributed by atoms with Crippen molar-refractivity contribution >= 4 is 11.6 Å². The second-order valence-electron chi connectivity index (χ2n) is 3.06. The highest BCUT2D eigenvalue weighted by Gasteiger charge is 2.01. The molecular weight excluding hydrogens is 212 g/mol. The van der Waals surface area contributed by atoms with Crippen LogP contribution >= 0.6 is 11.6 Å². The fourth-order valence-electron chi connectivity index (χ4n) is 1.25. The van der Waals surface area contributed by atoms with Crippen molar-refractivity contribution in [3.8, 4) is 0 Å². The first-order chi connectivity index (χ1) is 7.40. The number of nitrogens with zero attached hydrogens (tertiary/aromatic N) is 2. The molecule has 0 bridgehead atoms. The quantitative estimate of drug-likeness (QED) is 0.742. The molecule has 0 saturated carbocycles. The summed E-state index contributed by atoms with van der Waals surface area (Å²) in [5.41, 5.74) is 1.12. The molecule has 15 heavy (non-hydrogen) atoms. The predicted octanol–water partition coefficient (Wildman–Crippen LogP) is 2.25. The lowest BCUT2D eigenvalue weighted by Crippen LogP contribution is -2.12. The van der Waals surface area contributed by atoms with Gasteiger partial charge in [-0.25, -0.2) is 4.98 Å². The molecule has 0 radical (unpaired) electrons. The lowest BCUT2D eigenvalue weighted by Gasteiger charge is -2.08. The van der Waals surface area contributed by atoms with Crippen molar-refractivity contribution in [2.24, 2.45) is 0 Å². The molecule has 0 saturated heterocycles. The van der Waals surface area contributed by atoms with Crippen molar-refractivity contribution in [3.05, 3.63) is 54.1 Å². The van der Waals surface area contributed by atoms with Gasteiger partial charge in [-0.1, -0.05) is 30.3 Å². The van der Waals surface area contributed by atoms with Gasteiger partial charge in [0.05, 0.1) is 12.1 Å². The summed E-state index contributed by atoms with van der Waals surface area (Å²) in [7, 11) is 0. The molecule has 78 valence electrons. The van der Waals surface area contributed by atoms with E-state index in [1.807, 2.05) is 30.3 Å². The van der Waals surface area contributed by atoms with Crippen LogP contribution in [0.4, 0.5) is 0 Å². The number of imidazole rings is 1. The number of benzene rings is 1. The summed E-state index contributed by atoms with van der Waals surface area (Å²) in [4.78, 5) is 9.58. The minimum absolute atomic E-state index is 0.349. The normalized spacial score (nSPS) is 10.2. The van der Waals surface area contributed by atoms with Gasteiger partial charge in [0.1, 0.15) is 6.61 Å². The summed E-state index contributed by atoms with van der Waals surface area (Å²) < 4.78 is 1.60. The Labute approximate surface area is 93.2 Å². The Bertz CT molecular complexity index is 414. The molecule has 0 aliphatic heterocycles. The molecule has 3 nitrogen and oxygen atoms in total. The number of aromatic nitrogens is 2. The van der Waals surface area contributed by atoms with Gasteiger partial charge in [-0.3, -0.25) is 0 Å². The topological polar surface area (TPSA) is 27.1 Å². The largest absolute Gasteiger partial charge is 0.408 e. The zero-order valence-corrected chi connectivity index (χ0v) is 8.89. The summed E-state index contributed by atoms with van der Waals surface area (Å²) >= 11 is 5.69. The van der Waals surface area contributed by atoms with Crippen LogP contribution in [0.1, 0.15) is 11.4 Å². The van der Waals surface area contributed by atoms with Crippen LogP contribution in [0.15, 0.2) is 42.7 Å². The van der Waals surface area contributed by atoms with Crippen LogP contribution in [0.3, 0.4) is 0 Å². The Hall–Kier alpha value is -1.48. The number of halogens is 1. The predicted molar refractivity (Wildman–Crippen MR) is 58.5 cm³/mol. The number of hydrogen-bond donors (Lipinski definition) is 0. The number of alkyl halides is 1. The minimum atomic E-state index is 0.349. The van der Waals surface area contributed by atoms with Gasteiger partial charge in [0.2, 0.25) is 0 Å². The van der Waals surface area contributed by atoms with Gasteiger partial charge >= 0.3 is 0 Å². The summed E-state index contributed by atoms with van der Waals surface area (Å²) in [6, 6.07) is 9.96. The van der Waals surface area contributed by atoms with Crippen LogP contribution in [0.25, 0.3) is 0 Å². The Kier molecular flexibility index (Phi) is 3.25. The summed E-state index contributed by atoms with van der Waals surface area (Å²) in [5.74, 6) is 1.06. The molecule has 0 aliphatic carbocycles. The van der Waals surface area contributed by atoms with E-state index >= 15 is 0 Å². The standard InChI is InChI=1S/C11H11ClN2O/c12-8-11-13-6-7-14(11)15-9-10-4-2-1-3-5-10/h1-7H,8-9H2. The van der Waals surface area contributed by atoms with E-state index in [-0.39, 0.29) is 0 Å². The second-order valence-corrected chi connectivity index (χ2v) is 3.33. The molecule has 0 spiro atoms. The molecule has 0 N–H and O–H groups in total. The van der Waals surface area contributed by atoms with Crippen LogP contribution in [0, 0.1) is 0 Å². The van der Waals surface area contributed by atoms with Gasteiger partial charge in [-0.2, -0.15) is 4.73 Å². The molecule has 1 aromatic heterocycles. The van der Waals surface area contributed by atoms with E-state index in [4.69, 9.17) is 16.4 Å². The number of hydrogen-bond acceptors (Lipinski definition) is 2.